The highest BCUT2D eigenvalue weighted by molar-refractivity contribution is 6.09. The Morgan fingerprint density at radius 2 is 1.73 bits per heavy atom. The minimum Gasteiger partial charge on any atom is -0.347 e. The molecule has 3 amide bonds. The van der Waals surface area contributed by atoms with E-state index in [-0.39, 0.29) is 40.4 Å². The fraction of sp³-hybridized carbons (Fsp3) is 0.121. The minimum absolute atomic E-state index is 0.0984. The van der Waals surface area contributed by atoms with Crippen LogP contribution in [0.2, 0.25) is 0 Å². The van der Waals surface area contributed by atoms with Gasteiger partial charge in [-0.15, -0.1) is 0 Å². The SMILES string of the molecule is Cc1cc([C@H](C)NC(=O)c2cc(C(=O)NCc3ccc(F)c(F)c3)nc3c(C(=O)Nc4ccccc4F)cnn23)ccc1-c1ncn[nH]1. The first-order valence-electron chi connectivity index (χ1n) is 14.5. The molecule has 12 nitrogen and oxygen atoms in total. The highest BCUT2D eigenvalue weighted by Crippen LogP contribution is 2.24. The van der Waals surface area contributed by atoms with Crippen LogP contribution in [0.3, 0.4) is 0 Å². The number of carbonyl (C=O) groups excluding carboxylic acids is 3. The van der Waals surface area contributed by atoms with Crippen LogP contribution >= 0.6 is 0 Å². The number of halogens is 3. The Bertz CT molecular complexity index is 2180. The molecular weight excluding hydrogens is 627 g/mol. The van der Waals surface area contributed by atoms with Crippen molar-refractivity contribution in [3.05, 3.63) is 130 Å². The van der Waals surface area contributed by atoms with Gasteiger partial charge in [0.05, 0.1) is 17.9 Å². The van der Waals surface area contributed by atoms with Crippen LogP contribution in [0.1, 0.15) is 61.0 Å². The van der Waals surface area contributed by atoms with Gasteiger partial charge in [0.15, 0.2) is 23.1 Å². The van der Waals surface area contributed by atoms with E-state index in [9.17, 15) is 27.6 Å². The molecule has 242 valence electrons. The van der Waals surface area contributed by atoms with Crippen molar-refractivity contribution in [2.24, 2.45) is 0 Å². The molecule has 0 bridgehead atoms. The second-order valence-corrected chi connectivity index (χ2v) is 10.8. The summed E-state index contributed by atoms with van der Waals surface area (Å²) in [6.07, 6.45) is 2.55. The summed E-state index contributed by atoms with van der Waals surface area (Å²) in [6, 6.07) is 15.0. The topological polar surface area (TPSA) is 159 Å². The quantitative estimate of drug-likeness (QED) is 0.173. The largest absolute Gasteiger partial charge is 0.347 e. The number of carbonyl (C=O) groups is 3. The fourth-order valence-electron chi connectivity index (χ4n) is 4.99. The lowest BCUT2D eigenvalue weighted by atomic mass is 10.0. The van der Waals surface area contributed by atoms with Crippen molar-refractivity contribution < 1.29 is 27.6 Å². The third-order valence-electron chi connectivity index (χ3n) is 7.51. The lowest BCUT2D eigenvalue weighted by Crippen LogP contribution is -2.30. The van der Waals surface area contributed by atoms with Crippen LogP contribution in [0.25, 0.3) is 17.0 Å². The summed E-state index contributed by atoms with van der Waals surface area (Å²) < 4.78 is 42.5. The monoisotopic (exact) mass is 653 g/mol. The van der Waals surface area contributed by atoms with Gasteiger partial charge in [-0.25, -0.2) is 27.7 Å². The van der Waals surface area contributed by atoms with Gasteiger partial charge in [0.1, 0.15) is 29.1 Å². The molecule has 0 aliphatic heterocycles. The number of rotatable bonds is 9. The Morgan fingerprint density at radius 3 is 2.46 bits per heavy atom. The number of benzene rings is 3. The highest BCUT2D eigenvalue weighted by Gasteiger charge is 2.24. The van der Waals surface area contributed by atoms with Crippen LogP contribution in [0.4, 0.5) is 18.9 Å². The first-order valence-corrected chi connectivity index (χ1v) is 14.5. The molecule has 48 heavy (non-hydrogen) atoms. The zero-order chi connectivity index (χ0) is 33.9. The Kier molecular flexibility index (Phi) is 8.66. The van der Waals surface area contributed by atoms with Crippen molar-refractivity contribution in [1.82, 2.24) is 40.4 Å². The number of hydrogen-bond acceptors (Lipinski definition) is 7. The minimum atomic E-state index is -1.08. The summed E-state index contributed by atoms with van der Waals surface area (Å²) in [5.74, 6) is -4.41. The van der Waals surface area contributed by atoms with Gasteiger partial charge in [-0.3, -0.25) is 19.5 Å². The Hall–Kier alpha value is -6.38. The summed E-state index contributed by atoms with van der Waals surface area (Å²) in [4.78, 5) is 48.7. The van der Waals surface area contributed by atoms with Crippen molar-refractivity contribution in [2.45, 2.75) is 26.4 Å². The van der Waals surface area contributed by atoms with Gasteiger partial charge in [0.25, 0.3) is 17.7 Å². The highest BCUT2D eigenvalue weighted by atomic mass is 19.2. The number of amides is 3. The Labute approximate surface area is 270 Å². The summed E-state index contributed by atoms with van der Waals surface area (Å²) in [5.41, 5.74) is 1.96. The molecule has 0 aliphatic carbocycles. The number of aryl methyl sites for hydroxylation is 1. The van der Waals surface area contributed by atoms with E-state index in [1.807, 2.05) is 25.1 Å². The fourth-order valence-corrected chi connectivity index (χ4v) is 4.99. The second kappa shape index (κ2) is 13.2. The van der Waals surface area contributed by atoms with Gasteiger partial charge in [0, 0.05) is 18.2 Å². The number of aromatic amines is 1. The average molecular weight is 654 g/mol. The number of nitrogens with one attached hydrogen (secondary N) is 4. The van der Waals surface area contributed by atoms with Gasteiger partial charge < -0.3 is 16.0 Å². The number of H-pyrrole nitrogens is 1. The lowest BCUT2D eigenvalue weighted by molar-refractivity contribution is 0.0930. The first-order chi connectivity index (χ1) is 23.1. The van der Waals surface area contributed by atoms with E-state index in [2.05, 4.69) is 41.2 Å². The molecule has 0 saturated heterocycles. The summed E-state index contributed by atoms with van der Waals surface area (Å²) in [7, 11) is 0. The third-order valence-corrected chi connectivity index (χ3v) is 7.51. The molecule has 3 aromatic heterocycles. The van der Waals surface area contributed by atoms with Crippen molar-refractivity contribution in [1.29, 1.82) is 0 Å². The molecular formula is C33H26F3N9O3. The molecule has 0 fully saturated rings. The van der Waals surface area contributed by atoms with Crippen molar-refractivity contribution >= 4 is 29.1 Å². The smallest absolute Gasteiger partial charge is 0.270 e. The molecule has 6 rings (SSSR count). The van der Waals surface area contributed by atoms with Crippen molar-refractivity contribution in [2.75, 3.05) is 5.32 Å². The van der Waals surface area contributed by atoms with E-state index in [1.54, 1.807) is 6.92 Å². The normalized spacial score (nSPS) is 11.7. The Morgan fingerprint density at radius 1 is 0.917 bits per heavy atom. The van der Waals surface area contributed by atoms with Gasteiger partial charge >= 0.3 is 0 Å². The van der Waals surface area contributed by atoms with Crippen molar-refractivity contribution in [3.63, 3.8) is 0 Å². The number of aromatic nitrogens is 6. The standard InChI is InChI=1S/C33H26F3N9O3/c1-17-11-20(8-9-21(17)29-38-16-39-44-29)18(2)41-33(48)28-13-27(32(47)37-14-19-7-10-23(34)25(36)12-19)42-30-22(15-40-45(28)30)31(46)43-26-6-4-3-5-24(26)35/h3-13,15-16,18H,14H2,1-2H3,(H,37,47)(H,41,48)(H,43,46)(H,38,39,44)/t18-/m0/s1. The molecule has 3 aromatic carbocycles. The number of hydrogen-bond donors (Lipinski definition) is 4. The average Bonchev–Trinajstić information content (AvgIpc) is 3.76. The van der Waals surface area contributed by atoms with E-state index >= 15 is 0 Å². The van der Waals surface area contributed by atoms with Crippen LogP contribution in [0.5, 0.6) is 0 Å². The molecule has 0 spiro atoms. The number of para-hydroxylation sites is 1. The summed E-state index contributed by atoms with van der Waals surface area (Å²) >= 11 is 0. The van der Waals surface area contributed by atoms with E-state index in [4.69, 9.17) is 0 Å². The molecule has 0 radical (unpaired) electrons. The molecule has 3 heterocycles. The van der Waals surface area contributed by atoms with Crippen LogP contribution in [-0.4, -0.2) is 47.5 Å². The predicted molar refractivity (Wildman–Crippen MR) is 167 cm³/mol. The van der Waals surface area contributed by atoms with Crippen LogP contribution in [-0.2, 0) is 6.54 Å². The van der Waals surface area contributed by atoms with E-state index in [0.717, 1.165) is 39.5 Å². The number of anilines is 1. The van der Waals surface area contributed by atoms with Crippen LogP contribution in [0.15, 0.2) is 79.3 Å². The van der Waals surface area contributed by atoms with E-state index in [0.29, 0.717) is 5.82 Å². The second-order valence-electron chi connectivity index (χ2n) is 10.8. The lowest BCUT2D eigenvalue weighted by Gasteiger charge is -2.17. The molecule has 0 saturated carbocycles. The van der Waals surface area contributed by atoms with Gasteiger partial charge in [-0.2, -0.15) is 10.2 Å². The first kappa shape index (κ1) is 31.6. The van der Waals surface area contributed by atoms with Crippen LogP contribution < -0.4 is 16.0 Å². The Balaban J connectivity index is 1.31. The molecule has 0 aliphatic rings. The summed E-state index contributed by atoms with van der Waals surface area (Å²) in [5, 5.41) is 18.8. The molecule has 15 heteroatoms. The predicted octanol–water partition coefficient (Wildman–Crippen LogP) is 4.91. The number of fused-ring (bicyclic) bond motifs is 1. The van der Waals surface area contributed by atoms with E-state index in [1.165, 1.54) is 42.7 Å². The van der Waals surface area contributed by atoms with Gasteiger partial charge in [-0.1, -0.05) is 36.4 Å². The zero-order valence-electron chi connectivity index (χ0n) is 25.4. The third kappa shape index (κ3) is 6.46. The maximum absolute atomic E-state index is 14.3. The molecule has 6 aromatic rings. The molecule has 4 N–H and O–H groups in total. The molecule has 1 atom stereocenters. The summed E-state index contributed by atoms with van der Waals surface area (Å²) in [6.45, 7) is 3.47. The van der Waals surface area contributed by atoms with Crippen LogP contribution in [0, 0.1) is 24.4 Å². The maximum Gasteiger partial charge on any atom is 0.270 e. The molecule has 0 unspecified atom stereocenters. The van der Waals surface area contributed by atoms with Crippen molar-refractivity contribution in [3.8, 4) is 11.4 Å². The number of nitrogens with zero attached hydrogens (tertiary/aromatic N) is 5. The van der Waals surface area contributed by atoms with Gasteiger partial charge in [-0.05, 0) is 54.8 Å². The maximum atomic E-state index is 14.3. The van der Waals surface area contributed by atoms with E-state index < -0.39 is 41.2 Å². The van der Waals surface area contributed by atoms with Gasteiger partial charge in [0.2, 0.25) is 0 Å². The zero-order valence-corrected chi connectivity index (χ0v) is 25.4.